The smallest absolute Gasteiger partial charge is 0.255 e. The summed E-state index contributed by atoms with van der Waals surface area (Å²) in [7, 11) is -4.08. The zero-order valence-electron chi connectivity index (χ0n) is 15.5. The zero-order chi connectivity index (χ0) is 20.3. The first-order valence-corrected chi connectivity index (χ1v) is 10.4. The molecule has 1 aliphatic rings. The predicted molar refractivity (Wildman–Crippen MR) is 108 cm³/mol. The first kappa shape index (κ1) is 20.0. The number of benzene rings is 2. The van der Waals surface area contributed by atoms with Crippen LogP contribution >= 0.6 is 0 Å². The van der Waals surface area contributed by atoms with Crippen LogP contribution in [0.5, 0.6) is 0 Å². The number of likely N-dealkylation sites (N-methyl/N-ethyl adjacent to an activating group) is 1. The Labute approximate surface area is 164 Å². The maximum absolute atomic E-state index is 14.0. The molecule has 0 bridgehead atoms. The third kappa shape index (κ3) is 4.07. The van der Waals surface area contributed by atoms with Gasteiger partial charge in [0.2, 0.25) is 10.0 Å². The topological polar surface area (TPSA) is 78.5 Å². The number of nitrogens with one attached hydrogen (secondary N) is 2. The second-order valence-corrected chi connectivity index (χ2v) is 8.15. The Morgan fingerprint density at radius 3 is 2.79 bits per heavy atom. The van der Waals surface area contributed by atoms with Crippen LogP contribution in [0, 0.1) is 5.82 Å². The Hall–Kier alpha value is -2.71. The number of carbonyl (C=O) groups excluding carboxylic acids is 1. The minimum atomic E-state index is -4.08. The molecule has 0 atom stereocenters. The number of anilines is 2. The largest absolute Gasteiger partial charge is 0.371 e. The molecule has 1 aliphatic heterocycles. The molecule has 0 radical (unpaired) electrons. The second kappa shape index (κ2) is 8.12. The molecule has 1 amide bonds. The fraction of sp³-hybridized carbons (Fsp3) is 0.250. The lowest BCUT2D eigenvalue weighted by molar-refractivity contribution is 0.102. The standard InChI is InChI=1S/C20H22FN3O3S/c1-3-10-22-28(26,27)19-12-15(6-8-17(19)21)20(25)23-16-7-5-14-9-11-24(4-2)18(14)13-16/h3,5-8,12-13,22H,1,4,9-11H2,2H3,(H,23,25). The van der Waals surface area contributed by atoms with E-state index in [2.05, 4.69) is 28.4 Å². The molecule has 0 saturated heterocycles. The number of halogens is 1. The van der Waals surface area contributed by atoms with Gasteiger partial charge < -0.3 is 10.2 Å². The molecule has 1 heterocycles. The Balaban J connectivity index is 1.84. The molecule has 0 saturated carbocycles. The summed E-state index contributed by atoms with van der Waals surface area (Å²) < 4.78 is 40.6. The number of rotatable bonds is 7. The summed E-state index contributed by atoms with van der Waals surface area (Å²) >= 11 is 0. The van der Waals surface area contributed by atoms with Gasteiger partial charge >= 0.3 is 0 Å². The lowest BCUT2D eigenvalue weighted by Crippen LogP contribution is -2.25. The summed E-state index contributed by atoms with van der Waals surface area (Å²) in [4.78, 5) is 14.2. The van der Waals surface area contributed by atoms with E-state index in [-0.39, 0.29) is 12.1 Å². The minimum Gasteiger partial charge on any atom is -0.371 e. The summed E-state index contributed by atoms with van der Waals surface area (Å²) in [6.07, 6.45) is 2.31. The maximum atomic E-state index is 14.0. The highest BCUT2D eigenvalue weighted by atomic mass is 32.2. The maximum Gasteiger partial charge on any atom is 0.255 e. The fourth-order valence-corrected chi connectivity index (χ4v) is 4.25. The fourth-order valence-electron chi connectivity index (χ4n) is 3.15. The molecule has 6 nitrogen and oxygen atoms in total. The SMILES string of the molecule is C=CCNS(=O)(=O)c1cc(C(=O)Nc2ccc3c(c2)N(CC)CC3)ccc1F. The molecular formula is C20H22FN3O3S. The van der Waals surface area contributed by atoms with Gasteiger partial charge in [0, 0.05) is 36.6 Å². The van der Waals surface area contributed by atoms with Crippen LogP contribution in [0.25, 0.3) is 0 Å². The number of nitrogens with zero attached hydrogens (tertiary/aromatic N) is 1. The average molecular weight is 403 g/mol. The van der Waals surface area contributed by atoms with Crippen LogP contribution in [-0.4, -0.2) is 34.0 Å². The van der Waals surface area contributed by atoms with Gasteiger partial charge in [-0.3, -0.25) is 4.79 Å². The molecule has 3 rings (SSSR count). The number of carbonyl (C=O) groups is 1. The molecule has 0 fully saturated rings. The van der Waals surface area contributed by atoms with Crippen molar-refractivity contribution in [3.05, 3.63) is 66.0 Å². The van der Waals surface area contributed by atoms with Crippen molar-refractivity contribution in [3.63, 3.8) is 0 Å². The number of fused-ring (bicyclic) bond motifs is 1. The average Bonchev–Trinajstić information content (AvgIpc) is 3.09. The lowest BCUT2D eigenvalue weighted by atomic mass is 10.1. The molecule has 0 spiro atoms. The van der Waals surface area contributed by atoms with Crippen molar-refractivity contribution in [2.24, 2.45) is 0 Å². The Kier molecular flexibility index (Phi) is 5.81. The summed E-state index contributed by atoms with van der Waals surface area (Å²) in [6, 6.07) is 8.93. The van der Waals surface area contributed by atoms with Crippen molar-refractivity contribution < 1.29 is 17.6 Å². The van der Waals surface area contributed by atoms with E-state index in [4.69, 9.17) is 0 Å². The van der Waals surface area contributed by atoms with E-state index >= 15 is 0 Å². The third-order valence-corrected chi connectivity index (χ3v) is 6.06. The van der Waals surface area contributed by atoms with Crippen molar-refractivity contribution in [1.29, 1.82) is 0 Å². The molecule has 148 valence electrons. The van der Waals surface area contributed by atoms with Crippen LogP contribution in [0.1, 0.15) is 22.8 Å². The highest BCUT2D eigenvalue weighted by Gasteiger charge is 2.22. The first-order chi connectivity index (χ1) is 13.4. The van der Waals surface area contributed by atoms with Crippen molar-refractivity contribution >= 4 is 27.3 Å². The van der Waals surface area contributed by atoms with Crippen LogP contribution in [-0.2, 0) is 16.4 Å². The normalized spacial score (nSPS) is 13.3. The van der Waals surface area contributed by atoms with Crippen LogP contribution in [0.2, 0.25) is 0 Å². The molecule has 0 aliphatic carbocycles. The van der Waals surface area contributed by atoms with E-state index < -0.39 is 26.6 Å². The molecule has 8 heteroatoms. The molecule has 0 unspecified atom stereocenters. The van der Waals surface area contributed by atoms with E-state index in [1.807, 2.05) is 18.2 Å². The Bertz CT molecular complexity index is 1020. The van der Waals surface area contributed by atoms with Gasteiger partial charge in [0.15, 0.2) is 0 Å². The van der Waals surface area contributed by atoms with Gasteiger partial charge in [-0.15, -0.1) is 6.58 Å². The summed E-state index contributed by atoms with van der Waals surface area (Å²) in [5.74, 6) is -1.44. The molecule has 28 heavy (non-hydrogen) atoms. The highest BCUT2D eigenvalue weighted by Crippen LogP contribution is 2.30. The first-order valence-electron chi connectivity index (χ1n) is 8.95. The number of sulfonamides is 1. The van der Waals surface area contributed by atoms with Gasteiger partial charge in [-0.2, -0.15) is 0 Å². The van der Waals surface area contributed by atoms with Crippen molar-refractivity contribution in [2.45, 2.75) is 18.2 Å². The van der Waals surface area contributed by atoms with Gasteiger partial charge in [-0.25, -0.2) is 17.5 Å². The Morgan fingerprint density at radius 1 is 1.29 bits per heavy atom. The van der Waals surface area contributed by atoms with Crippen molar-refractivity contribution in [2.75, 3.05) is 29.9 Å². The van der Waals surface area contributed by atoms with Crippen molar-refractivity contribution in [3.8, 4) is 0 Å². The predicted octanol–water partition coefficient (Wildman–Crippen LogP) is 2.92. The Morgan fingerprint density at radius 2 is 2.07 bits per heavy atom. The van der Waals surface area contributed by atoms with Crippen LogP contribution in [0.3, 0.4) is 0 Å². The van der Waals surface area contributed by atoms with Gasteiger partial charge in [0.05, 0.1) is 0 Å². The summed E-state index contributed by atoms with van der Waals surface area (Å²) in [5, 5.41) is 2.75. The number of hydrogen-bond acceptors (Lipinski definition) is 4. The lowest BCUT2D eigenvalue weighted by Gasteiger charge is -2.17. The monoisotopic (exact) mass is 403 g/mol. The van der Waals surface area contributed by atoms with Crippen LogP contribution in [0.15, 0.2) is 53.9 Å². The van der Waals surface area contributed by atoms with E-state index in [9.17, 15) is 17.6 Å². The molecule has 2 aromatic carbocycles. The van der Waals surface area contributed by atoms with E-state index in [1.54, 1.807) is 0 Å². The third-order valence-electron chi connectivity index (χ3n) is 4.62. The quantitative estimate of drug-likeness (QED) is 0.697. The second-order valence-electron chi connectivity index (χ2n) is 6.41. The van der Waals surface area contributed by atoms with Gasteiger partial charge in [-0.1, -0.05) is 12.1 Å². The van der Waals surface area contributed by atoms with Crippen molar-refractivity contribution in [1.82, 2.24) is 4.72 Å². The summed E-state index contributed by atoms with van der Waals surface area (Å²) in [6.45, 7) is 7.27. The molecule has 0 aromatic heterocycles. The van der Waals surface area contributed by atoms with Gasteiger partial charge in [0.25, 0.3) is 5.91 Å². The van der Waals surface area contributed by atoms with Gasteiger partial charge in [0.1, 0.15) is 10.7 Å². The molecule has 2 N–H and O–H groups in total. The number of amides is 1. The zero-order valence-corrected chi connectivity index (χ0v) is 16.4. The van der Waals surface area contributed by atoms with E-state index in [0.29, 0.717) is 5.69 Å². The highest BCUT2D eigenvalue weighted by molar-refractivity contribution is 7.89. The van der Waals surface area contributed by atoms with Crippen LogP contribution < -0.4 is 14.9 Å². The number of hydrogen-bond donors (Lipinski definition) is 2. The molecular weight excluding hydrogens is 381 g/mol. The van der Waals surface area contributed by atoms with E-state index in [1.165, 1.54) is 17.7 Å². The van der Waals surface area contributed by atoms with E-state index in [0.717, 1.165) is 37.3 Å². The van der Waals surface area contributed by atoms with Crippen LogP contribution in [0.4, 0.5) is 15.8 Å². The van der Waals surface area contributed by atoms with Gasteiger partial charge in [-0.05, 0) is 49.2 Å². The molecule has 2 aromatic rings. The minimum absolute atomic E-state index is 0.0404. The summed E-state index contributed by atoms with van der Waals surface area (Å²) in [5.41, 5.74) is 2.95.